The van der Waals surface area contributed by atoms with E-state index in [2.05, 4.69) is 10.4 Å². The molecule has 0 spiro atoms. The Morgan fingerprint density at radius 3 is 2.81 bits per heavy atom. The summed E-state index contributed by atoms with van der Waals surface area (Å²) in [5.41, 5.74) is 0.0651. The van der Waals surface area contributed by atoms with E-state index in [1.54, 1.807) is 13.0 Å². The molecule has 0 bridgehead atoms. The molecule has 2 rings (SSSR count). The van der Waals surface area contributed by atoms with Crippen molar-refractivity contribution >= 4 is 34.8 Å². The molecule has 0 atom stereocenters. The molecule has 2 aromatic rings. The van der Waals surface area contributed by atoms with Gasteiger partial charge in [-0.25, -0.2) is 9.07 Å². The number of hydrogen-bond acceptors (Lipinski definition) is 3. The molecule has 0 aliphatic carbocycles. The Hall–Kier alpha value is -1.92. The summed E-state index contributed by atoms with van der Waals surface area (Å²) >= 11 is 11.3. The first-order valence-electron chi connectivity index (χ1n) is 5.85. The summed E-state index contributed by atoms with van der Waals surface area (Å²) in [7, 11) is 0. The second-order valence-electron chi connectivity index (χ2n) is 4.30. The van der Waals surface area contributed by atoms with Crippen molar-refractivity contribution in [3.05, 3.63) is 56.2 Å². The third-order valence-electron chi connectivity index (χ3n) is 2.63. The van der Waals surface area contributed by atoms with Gasteiger partial charge in [0.1, 0.15) is 17.4 Å². The van der Waals surface area contributed by atoms with Gasteiger partial charge in [-0.15, -0.1) is 0 Å². The summed E-state index contributed by atoms with van der Waals surface area (Å²) in [6.07, 6.45) is 1.16. The number of carbonyl (C=O) groups excluding carboxylic acids is 1. The van der Waals surface area contributed by atoms with Crippen LogP contribution in [0.2, 0.25) is 10.0 Å². The molecule has 0 radical (unpaired) electrons. The quantitative estimate of drug-likeness (QED) is 0.941. The Labute approximate surface area is 129 Å². The second kappa shape index (κ2) is 6.24. The van der Waals surface area contributed by atoms with Gasteiger partial charge < -0.3 is 5.32 Å². The van der Waals surface area contributed by atoms with Gasteiger partial charge in [0.05, 0.1) is 16.9 Å². The second-order valence-corrected chi connectivity index (χ2v) is 5.09. The van der Waals surface area contributed by atoms with Crippen LogP contribution in [0.4, 0.5) is 10.1 Å². The van der Waals surface area contributed by atoms with Gasteiger partial charge in [-0.1, -0.05) is 29.3 Å². The van der Waals surface area contributed by atoms with Crippen molar-refractivity contribution in [2.75, 3.05) is 5.32 Å². The molecule has 1 aromatic heterocycles. The van der Waals surface area contributed by atoms with E-state index < -0.39 is 23.8 Å². The van der Waals surface area contributed by atoms with Crippen LogP contribution in [-0.4, -0.2) is 15.7 Å². The highest BCUT2D eigenvalue weighted by Gasteiger charge is 2.12. The van der Waals surface area contributed by atoms with Crippen molar-refractivity contribution in [2.45, 2.75) is 13.5 Å². The third kappa shape index (κ3) is 3.59. The fourth-order valence-electron chi connectivity index (χ4n) is 1.60. The number of nitrogens with one attached hydrogen (secondary N) is 1. The fraction of sp³-hybridized carbons (Fsp3) is 0.154. The van der Waals surface area contributed by atoms with Crippen molar-refractivity contribution in [2.24, 2.45) is 0 Å². The van der Waals surface area contributed by atoms with Crippen molar-refractivity contribution in [1.29, 1.82) is 0 Å². The van der Waals surface area contributed by atoms with E-state index in [9.17, 15) is 14.0 Å². The molecule has 0 aliphatic rings. The predicted octanol–water partition coefficient (Wildman–Crippen LogP) is 2.64. The first-order valence-corrected chi connectivity index (χ1v) is 6.61. The number of aromatic nitrogens is 2. The van der Waals surface area contributed by atoms with Crippen LogP contribution in [-0.2, 0) is 11.3 Å². The number of carbonyl (C=O) groups is 1. The van der Waals surface area contributed by atoms with Crippen molar-refractivity contribution in [1.82, 2.24) is 9.78 Å². The van der Waals surface area contributed by atoms with Crippen LogP contribution in [0.5, 0.6) is 0 Å². The molecule has 110 valence electrons. The number of benzene rings is 1. The number of anilines is 1. The van der Waals surface area contributed by atoms with Crippen LogP contribution < -0.4 is 10.9 Å². The zero-order chi connectivity index (χ0) is 15.6. The Bertz CT molecular complexity index is 762. The molecule has 0 saturated heterocycles. The van der Waals surface area contributed by atoms with E-state index >= 15 is 0 Å². The van der Waals surface area contributed by atoms with E-state index in [0.29, 0.717) is 0 Å². The monoisotopic (exact) mass is 329 g/mol. The lowest BCUT2D eigenvalue weighted by molar-refractivity contribution is -0.117. The number of aryl methyl sites for hydroxylation is 1. The third-order valence-corrected chi connectivity index (χ3v) is 3.38. The molecule has 0 aliphatic heterocycles. The van der Waals surface area contributed by atoms with Crippen molar-refractivity contribution < 1.29 is 9.18 Å². The van der Waals surface area contributed by atoms with Gasteiger partial charge in [0.15, 0.2) is 0 Å². The Morgan fingerprint density at radius 1 is 1.43 bits per heavy atom. The summed E-state index contributed by atoms with van der Waals surface area (Å²) < 4.78 is 14.5. The zero-order valence-electron chi connectivity index (χ0n) is 10.9. The maximum Gasteiger partial charge on any atom is 0.287 e. The zero-order valence-corrected chi connectivity index (χ0v) is 12.4. The highest BCUT2D eigenvalue weighted by atomic mass is 35.5. The lowest BCUT2D eigenvalue weighted by atomic mass is 10.2. The normalized spacial score (nSPS) is 10.5. The van der Waals surface area contributed by atoms with Gasteiger partial charge in [-0.3, -0.25) is 9.59 Å². The van der Waals surface area contributed by atoms with Gasteiger partial charge in [0.2, 0.25) is 5.91 Å². The Morgan fingerprint density at radius 2 is 2.14 bits per heavy atom. The molecule has 1 amide bonds. The van der Waals surface area contributed by atoms with E-state index in [1.165, 1.54) is 12.1 Å². The number of rotatable bonds is 3. The standard InChI is InChI=1S/C13H10Cl2FN3O2/c1-7-2-3-10(9(16)4-7)18-11(20)6-19-13(21)12(15)8(14)5-17-19/h2-5H,6H2,1H3,(H,18,20). The lowest BCUT2D eigenvalue weighted by Gasteiger charge is -2.08. The minimum atomic E-state index is -0.691. The van der Waals surface area contributed by atoms with Gasteiger partial charge >= 0.3 is 0 Å². The minimum Gasteiger partial charge on any atom is -0.322 e. The van der Waals surface area contributed by atoms with E-state index in [1.807, 2.05) is 0 Å². The summed E-state index contributed by atoms with van der Waals surface area (Å²) in [5.74, 6) is -1.16. The molecule has 8 heteroatoms. The summed E-state index contributed by atoms with van der Waals surface area (Å²) in [5, 5.41) is 5.83. The fourth-order valence-corrected chi connectivity index (χ4v) is 1.88. The molecule has 1 aromatic carbocycles. The van der Waals surface area contributed by atoms with E-state index in [-0.39, 0.29) is 15.7 Å². The van der Waals surface area contributed by atoms with Crippen LogP contribution in [0.1, 0.15) is 5.56 Å². The lowest BCUT2D eigenvalue weighted by Crippen LogP contribution is -2.30. The Balaban J connectivity index is 2.16. The maximum atomic E-state index is 13.6. The molecule has 21 heavy (non-hydrogen) atoms. The SMILES string of the molecule is Cc1ccc(NC(=O)Cn2ncc(Cl)c(Cl)c2=O)c(F)c1. The van der Waals surface area contributed by atoms with Crippen LogP contribution in [0.25, 0.3) is 0 Å². The number of hydrogen-bond donors (Lipinski definition) is 1. The summed E-state index contributed by atoms with van der Waals surface area (Å²) in [6, 6.07) is 4.38. The van der Waals surface area contributed by atoms with Crippen LogP contribution >= 0.6 is 23.2 Å². The smallest absolute Gasteiger partial charge is 0.287 e. The van der Waals surface area contributed by atoms with Crippen LogP contribution in [0.3, 0.4) is 0 Å². The molecular formula is C13H10Cl2FN3O2. The molecule has 1 N–H and O–H groups in total. The molecule has 1 heterocycles. The van der Waals surface area contributed by atoms with Crippen LogP contribution in [0, 0.1) is 12.7 Å². The van der Waals surface area contributed by atoms with Gasteiger partial charge in [0, 0.05) is 0 Å². The van der Waals surface area contributed by atoms with Gasteiger partial charge in [0.25, 0.3) is 5.56 Å². The molecular weight excluding hydrogens is 320 g/mol. The number of amides is 1. The maximum absolute atomic E-state index is 13.6. The topological polar surface area (TPSA) is 64.0 Å². The van der Waals surface area contributed by atoms with E-state index in [4.69, 9.17) is 23.2 Å². The summed E-state index contributed by atoms with van der Waals surface area (Å²) in [4.78, 5) is 23.5. The predicted molar refractivity (Wildman–Crippen MR) is 78.3 cm³/mol. The van der Waals surface area contributed by atoms with Crippen molar-refractivity contribution in [3.63, 3.8) is 0 Å². The Kier molecular flexibility index (Phi) is 4.59. The molecule has 0 unspecified atom stereocenters. The number of halogens is 3. The highest BCUT2D eigenvalue weighted by Crippen LogP contribution is 2.16. The molecule has 0 saturated carbocycles. The number of nitrogens with zero attached hydrogens (tertiary/aromatic N) is 2. The average Bonchev–Trinajstić information content (AvgIpc) is 2.43. The largest absolute Gasteiger partial charge is 0.322 e. The molecule has 5 nitrogen and oxygen atoms in total. The molecule has 0 fully saturated rings. The first-order chi connectivity index (χ1) is 9.88. The van der Waals surface area contributed by atoms with Gasteiger partial charge in [-0.05, 0) is 24.6 Å². The van der Waals surface area contributed by atoms with E-state index in [0.717, 1.165) is 16.4 Å². The van der Waals surface area contributed by atoms with Crippen LogP contribution in [0.15, 0.2) is 29.2 Å². The first kappa shape index (κ1) is 15.5. The highest BCUT2D eigenvalue weighted by molar-refractivity contribution is 6.41. The summed E-state index contributed by atoms with van der Waals surface area (Å²) in [6.45, 7) is 1.33. The van der Waals surface area contributed by atoms with Crippen molar-refractivity contribution in [3.8, 4) is 0 Å². The minimum absolute atomic E-state index is 0.00269. The van der Waals surface area contributed by atoms with Gasteiger partial charge in [-0.2, -0.15) is 5.10 Å². The average molecular weight is 330 g/mol.